The van der Waals surface area contributed by atoms with Crippen LogP contribution in [0.3, 0.4) is 0 Å². The molecule has 0 amide bonds. The molecule has 2 atom stereocenters. The lowest BCUT2D eigenvalue weighted by molar-refractivity contribution is 0.0784. The average Bonchev–Trinajstić information content (AvgIpc) is 2.71. The zero-order chi connectivity index (χ0) is 19.2. The van der Waals surface area contributed by atoms with Gasteiger partial charge in [0.2, 0.25) is 0 Å². The van der Waals surface area contributed by atoms with Crippen molar-refractivity contribution in [1.82, 2.24) is 0 Å². The van der Waals surface area contributed by atoms with Crippen LogP contribution in [0.15, 0.2) is 48.5 Å². The Morgan fingerprint density at radius 1 is 0.852 bits per heavy atom. The van der Waals surface area contributed by atoms with E-state index in [9.17, 15) is 9.59 Å². The van der Waals surface area contributed by atoms with Gasteiger partial charge in [-0.3, -0.25) is 9.59 Å². The molecule has 2 aromatic rings. The van der Waals surface area contributed by atoms with Crippen LogP contribution < -0.4 is 0 Å². The van der Waals surface area contributed by atoms with Gasteiger partial charge in [-0.2, -0.15) is 0 Å². The van der Waals surface area contributed by atoms with Crippen LogP contribution in [-0.4, -0.2) is 21.8 Å². The lowest BCUT2D eigenvalue weighted by Gasteiger charge is -2.43. The maximum Gasteiger partial charge on any atom is 0.186 e. The molecule has 1 fully saturated rings. The molecule has 0 heterocycles. The average molecular weight is 422 g/mol. The summed E-state index contributed by atoms with van der Waals surface area (Å²) in [6.07, 6.45) is 3.35. The minimum atomic E-state index is -1.36. The molecular formula is C22H19Cl3O2. The summed E-state index contributed by atoms with van der Waals surface area (Å²) in [6, 6.07) is 14.7. The lowest BCUT2D eigenvalue weighted by Crippen LogP contribution is -2.55. The number of hydrogen-bond donors (Lipinski definition) is 0. The first-order chi connectivity index (χ1) is 12.9. The molecular weight excluding hydrogens is 403 g/mol. The Labute approximate surface area is 173 Å². The third-order valence-corrected chi connectivity index (χ3v) is 7.65. The summed E-state index contributed by atoms with van der Waals surface area (Å²) in [5.74, 6) is -0.166. The second-order valence-electron chi connectivity index (χ2n) is 7.47. The maximum atomic E-state index is 13.2. The van der Waals surface area contributed by atoms with Crippen molar-refractivity contribution in [1.29, 1.82) is 0 Å². The number of ketones is 2. The second kappa shape index (κ2) is 7.24. The number of fused-ring (bicyclic) bond motifs is 1. The predicted molar refractivity (Wildman–Crippen MR) is 109 cm³/mol. The van der Waals surface area contributed by atoms with Crippen molar-refractivity contribution >= 4 is 46.4 Å². The number of alkyl halides is 2. The van der Waals surface area contributed by atoms with E-state index in [4.69, 9.17) is 34.8 Å². The minimum absolute atomic E-state index is 0.116. The summed E-state index contributed by atoms with van der Waals surface area (Å²) < 4.78 is 0. The van der Waals surface area contributed by atoms with Gasteiger partial charge in [-0.05, 0) is 55.2 Å². The smallest absolute Gasteiger partial charge is 0.186 e. The Morgan fingerprint density at radius 3 is 2.07 bits per heavy atom. The van der Waals surface area contributed by atoms with Crippen LogP contribution in [0.4, 0.5) is 0 Å². The van der Waals surface area contributed by atoms with Crippen LogP contribution in [-0.2, 0) is 0 Å². The molecule has 2 unspecified atom stereocenters. The van der Waals surface area contributed by atoms with Crippen molar-refractivity contribution in [3.8, 4) is 0 Å². The van der Waals surface area contributed by atoms with Gasteiger partial charge in [-0.1, -0.05) is 48.0 Å². The molecule has 5 heteroatoms. The van der Waals surface area contributed by atoms with Crippen molar-refractivity contribution in [3.63, 3.8) is 0 Å². The fourth-order valence-corrected chi connectivity index (χ4v) is 5.46. The number of Topliss-reactive ketones (excluding diaryl/α,β-unsaturated/α-hetero) is 2. The summed E-state index contributed by atoms with van der Waals surface area (Å²) in [5, 5.41) is -0.305. The third kappa shape index (κ3) is 3.12. The zero-order valence-electron chi connectivity index (χ0n) is 14.6. The van der Waals surface area contributed by atoms with Gasteiger partial charge >= 0.3 is 0 Å². The first kappa shape index (κ1) is 19.0. The number of halogens is 3. The van der Waals surface area contributed by atoms with Gasteiger partial charge in [0.25, 0.3) is 0 Å². The van der Waals surface area contributed by atoms with Crippen molar-refractivity contribution in [3.05, 3.63) is 70.2 Å². The Balaban J connectivity index is 1.58. The molecule has 2 aromatic carbocycles. The Hall–Kier alpha value is -1.35. The van der Waals surface area contributed by atoms with Crippen LogP contribution in [0.25, 0.3) is 0 Å². The Morgan fingerprint density at radius 2 is 1.44 bits per heavy atom. The number of rotatable bonds is 2. The highest BCUT2D eigenvalue weighted by Crippen LogP contribution is 2.49. The van der Waals surface area contributed by atoms with Crippen LogP contribution in [0.2, 0.25) is 5.02 Å². The highest BCUT2D eigenvalue weighted by atomic mass is 35.5. The number of carbonyl (C=O) groups is 2. The Bertz CT molecular complexity index is 885. The quantitative estimate of drug-likeness (QED) is 0.535. The fourth-order valence-electron chi connectivity index (χ4n) is 4.52. The van der Waals surface area contributed by atoms with Gasteiger partial charge in [0.1, 0.15) is 10.3 Å². The number of carbonyl (C=O) groups excluding carboxylic acids is 2. The monoisotopic (exact) mass is 420 g/mol. The molecule has 2 aliphatic rings. The van der Waals surface area contributed by atoms with E-state index >= 15 is 0 Å². The SMILES string of the molecule is O=C1c2ccccc2C(=O)C(Cl)(C2CCC(c3ccc(Cl)cc3)CC2)C1Cl. The molecule has 0 bridgehead atoms. The highest BCUT2D eigenvalue weighted by Gasteiger charge is 2.56. The molecule has 0 spiro atoms. The van der Waals surface area contributed by atoms with E-state index in [0.29, 0.717) is 17.0 Å². The molecule has 0 aliphatic heterocycles. The zero-order valence-corrected chi connectivity index (χ0v) is 16.9. The van der Waals surface area contributed by atoms with Crippen molar-refractivity contribution < 1.29 is 9.59 Å². The van der Waals surface area contributed by atoms with Crippen LogP contribution in [0.1, 0.15) is 57.9 Å². The van der Waals surface area contributed by atoms with Gasteiger partial charge < -0.3 is 0 Å². The fraction of sp³-hybridized carbons (Fsp3) is 0.364. The molecule has 0 aromatic heterocycles. The molecule has 4 rings (SSSR count). The van der Waals surface area contributed by atoms with Gasteiger partial charge in [-0.15, -0.1) is 23.2 Å². The van der Waals surface area contributed by atoms with Gasteiger partial charge in [0.15, 0.2) is 11.6 Å². The summed E-state index contributed by atoms with van der Waals surface area (Å²) in [5.41, 5.74) is 2.03. The highest BCUT2D eigenvalue weighted by molar-refractivity contribution is 6.51. The van der Waals surface area contributed by atoms with Gasteiger partial charge in [0.05, 0.1) is 0 Å². The van der Waals surface area contributed by atoms with Crippen LogP contribution in [0, 0.1) is 5.92 Å². The topological polar surface area (TPSA) is 34.1 Å². The van der Waals surface area contributed by atoms with E-state index in [2.05, 4.69) is 12.1 Å². The maximum absolute atomic E-state index is 13.2. The van der Waals surface area contributed by atoms with E-state index in [1.54, 1.807) is 24.3 Å². The van der Waals surface area contributed by atoms with Crippen molar-refractivity contribution in [2.45, 2.75) is 41.9 Å². The summed E-state index contributed by atoms with van der Waals surface area (Å²) >= 11 is 19.3. The lowest BCUT2D eigenvalue weighted by atomic mass is 9.67. The predicted octanol–water partition coefficient (Wildman–Crippen LogP) is 6.28. The summed E-state index contributed by atoms with van der Waals surface area (Å²) in [6.45, 7) is 0. The molecule has 1 saturated carbocycles. The van der Waals surface area contributed by atoms with Crippen molar-refractivity contribution in [2.75, 3.05) is 0 Å². The Kier molecular flexibility index (Phi) is 5.09. The molecule has 27 heavy (non-hydrogen) atoms. The molecule has 2 aliphatic carbocycles. The first-order valence-electron chi connectivity index (χ1n) is 9.19. The van der Waals surface area contributed by atoms with E-state index in [1.807, 2.05) is 12.1 Å². The normalized spacial score (nSPS) is 30.9. The summed E-state index contributed by atoms with van der Waals surface area (Å²) in [7, 11) is 0. The number of benzene rings is 2. The standard InChI is InChI=1S/C22H19Cl3O2/c23-16-11-7-14(8-12-16)13-5-9-15(10-6-13)22(25)20(24)19(26)17-3-1-2-4-18(17)21(22)27/h1-4,7-8,11-13,15,20H,5-6,9-10H2. The van der Waals surface area contributed by atoms with Crippen molar-refractivity contribution in [2.24, 2.45) is 5.92 Å². The van der Waals surface area contributed by atoms with Gasteiger partial charge in [-0.25, -0.2) is 0 Å². The van der Waals surface area contributed by atoms with E-state index < -0.39 is 10.3 Å². The van der Waals surface area contributed by atoms with Crippen LogP contribution >= 0.6 is 34.8 Å². The second-order valence-corrected chi connectivity index (χ2v) is 8.97. The summed E-state index contributed by atoms with van der Waals surface area (Å²) in [4.78, 5) is 24.6. The molecule has 0 radical (unpaired) electrons. The largest absolute Gasteiger partial charge is 0.292 e. The molecule has 2 nitrogen and oxygen atoms in total. The minimum Gasteiger partial charge on any atom is -0.292 e. The van der Waals surface area contributed by atoms with Crippen LogP contribution in [0.5, 0.6) is 0 Å². The molecule has 0 saturated heterocycles. The third-order valence-electron chi connectivity index (χ3n) is 6.05. The molecule has 0 N–H and O–H groups in total. The first-order valence-corrected chi connectivity index (χ1v) is 10.4. The number of hydrogen-bond acceptors (Lipinski definition) is 2. The molecule has 140 valence electrons. The van der Waals surface area contributed by atoms with E-state index in [0.717, 1.165) is 30.7 Å². The van der Waals surface area contributed by atoms with E-state index in [-0.39, 0.29) is 17.5 Å². The van der Waals surface area contributed by atoms with Gasteiger partial charge in [0, 0.05) is 16.1 Å². The van der Waals surface area contributed by atoms with E-state index in [1.165, 1.54) is 5.56 Å².